The summed E-state index contributed by atoms with van der Waals surface area (Å²) in [5.41, 5.74) is 6.22. The summed E-state index contributed by atoms with van der Waals surface area (Å²) in [6.45, 7) is 10.5. The fraction of sp³-hybridized carbons (Fsp3) is 0.538. The minimum atomic E-state index is 0.476. The Bertz CT molecular complexity index is 1650. The number of rotatable bonds is 22. The van der Waals surface area contributed by atoms with Crippen molar-refractivity contribution in [3.63, 3.8) is 0 Å². The molecule has 0 heterocycles. The lowest BCUT2D eigenvalue weighted by Gasteiger charge is -2.24. The highest BCUT2D eigenvalue weighted by Crippen LogP contribution is 2.34. The smallest absolute Gasteiger partial charge is 0.170 e. The lowest BCUT2D eigenvalue weighted by atomic mass is 9.96. The molecule has 0 aliphatic heterocycles. The van der Waals surface area contributed by atoms with Crippen molar-refractivity contribution >= 4 is 70.3 Å². The van der Waals surface area contributed by atoms with E-state index in [1.165, 1.54) is 103 Å². The van der Waals surface area contributed by atoms with E-state index in [4.69, 9.17) is 33.9 Å². The Morgan fingerprint density at radius 1 is 0.567 bits per heavy atom. The van der Waals surface area contributed by atoms with Gasteiger partial charge in [-0.2, -0.15) is 0 Å². The summed E-state index contributed by atoms with van der Waals surface area (Å²) in [5, 5.41) is 15.2. The summed E-state index contributed by atoms with van der Waals surface area (Å²) in [4.78, 5) is 0. The van der Waals surface area contributed by atoms with Crippen molar-refractivity contribution in [1.82, 2.24) is 10.6 Å². The van der Waals surface area contributed by atoms with Crippen LogP contribution in [0.25, 0.3) is 24.3 Å². The van der Waals surface area contributed by atoms with Crippen LogP contribution in [0.2, 0.25) is 0 Å². The molecule has 2 unspecified atom stereocenters. The molecular formula is C52H74N4O2S2. The average Bonchev–Trinajstić information content (AvgIpc) is 3.27. The molecule has 0 radical (unpaired) electrons. The summed E-state index contributed by atoms with van der Waals surface area (Å²) >= 11 is 11.3. The summed E-state index contributed by atoms with van der Waals surface area (Å²) in [5.74, 6) is 2.78. The van der Waals surface area contributed by atoms with Gasteiger partial charge in [0.15, 0.2) is 10.2 Å². The van der Waals surface area contributed by atoms with Crippen LogP contribution in [-0.4, -0.2) is 35.5 Å². The zero-order valence-electron chi connectivity index (χ0n) is 37.2. The van der Waals surface area contributed by atoms with Crippen molar-refractivity contribution in [2.45, 2.75) is 155 Å². The Balaban J connectivity index is 1.37. The van der Waals surface area contributed by atoms with Crippen LogP contribution in [0.1, 0.15) is 166 Å². The molecule has 2 atom stereocenters. The molecule has 326 valence electrons. The van der Waals surface area contributed by atoms with E-state index in [1.54, 1.807) is 0 Å². The molecule has 2 aliphatic carbocycles. The minimum Gasteiger partial charge on any atom is -0.493 e. The average molecular weight is 851 g/mol. The molecule has 4 N–H and O–H groups in total. The van der Waals surface area contributed by atoms with Crippen molar-refractivity contribution in [3.05, 3.63) is 82.9 Å². The number of thiocarbonyl (C=S) groups is 2. The maximum atomic E-state index is 6.76. The molecule has 3 aromatic carbocycles. The highest BCUT2D eigenvalue weighted by Gasteiger charge is 2.17. The van der Waals surface area contributed by atoms with E-state index in [9.17, 15) is 0 Å². The number of ether oxygens (including phenoxy) is 2. The van der Waals surface area contributed by atoms with Crippen molar-refractivity contribution in [2.75, 3.05) is 23.8 Å². The van der Waals surface area contributed by atoms with E-state index in [2.05, 4.69) is 134 Å². The van der Waals surface area contributed by atoms with Crippen molar-refractivity contribution < 1.29 is 9.47 Å². The molecule has 60 heavy (non-hydrogen) atoms. The highest BCUT2D eigenvalue weighted by atomic mass is 32.1. The highest BCUT2D eigenvalue weighted by molar-refractivity contribution is 7.80. The van der Waals surface area contributed by atoms with Crippen molar-refractivity contribution in [3.8, 4) is 11.5 Å². The van der Waals surface area contributed by atoms with Gasteiger partial charge in [-0.1, -0.05) is 153 Å². The Morgan fingerprint density at radius 2 is 0.950 bits per heavy atom. The summed E-state index contributed by atoms with van der Waals surface area (Å²) in [6, 6.07) is 22.3. The van der Waals surface area contributed by atoms with E-state index < -0.39 is 0 Å². The lowest BCUT2D eigenvalue weighted by molar-refractivity contribution is 0.227. The molecule has 0 bridgehead atoms. The van der Waals surface area contributed by atoms with Crippen LogP contribution in [0.4, 0.5) is 11.4 Å². The van der Waals surface area contributed by atoms with E-state index in [0.29, 0.717) is 47.4 Å². The first-order valence-electron chi connectivity index (χ1n) is 23.5. The van der Waals surface area contributed by atoms with Crippen LogP contribution in [0.15, 0.2) is 60.7 Å². The predicted octanol–water partition coefficient (Wildman–Crippen LogP) is 14.5. The topological polar surface area (TPSA) is 66.6 Å². The largest absolute Gasteiger partial charge is 0.493 e. The molecule has 2 aliphatic rings. The third-order valence-corrected chi connectivity index (χ3v) is 12.7. The molecule has 0 saturated heterocycles. The van der Waals surface area contributed by atoms with Crippen LogP contribution in [-0.2, 0) is 0 Å². The van der Waals surface area contributed by atoms with Gasteiger partial charge in [0.05, 0.1) is 13.2 Å². The molecular weight excluding hydrogens is 777 g/mol. The third-order valence-electron chi connectivity index (χ3n) is 12.3. The number of anilines is 2. The fourth-order valence-electron chi connectivity index (χ4n) is 8.24. The maximum Gasteiger partial charge on any atom is 0.170 e. The second kappa shape index (κ2) is 26.5. The van der Waals surface area contributed by atoms with Gasteiger partial charge in [-0.15, -0.1) is 0 Å². The molecule has 0 aromatic heterocycles. The first kappa shape index (κ1) is 47.2. The van der Waals surface area contributed by atoms with Gasteiger partial charge in [0.1, 0.15) is 11.5 Å². The standard InChI is InChI=1S/C52H74N4O2S2/c1-5-9-17-39(7-3)37-57-49-35-44(30-24-42-27-33-48(34-28-42)56-52(60)54-46-21-15-12-16-22-46)50(58-38-40(8-4)18-10-6-2)36-43(49)29-23-41-25-31-47(32-26-41)55-51(59)53-45-19-13-11-14-20-45/h23-36,39-40,45-46H,5-22,37-38H2,1-4H3,(H2,53,55,59)(H2,54,56,60)/b29-23+,30-24+. The van der Waals surface area contributed by atoms with Crippen LogP contribution < -0.4 is 30.7 Å². The van der Waals surface area contributed by atoms with Crippen LogP contribution in [0.3, 0.4) is 0 Å². The van der Waals surface area contributed by atoms with Gasteiger partial charge in [-0.25, -0.2) is 0 Å². The molecule has 0 amide bonds. The van der Waals surface area contributed by atoms with Gasteiger partial charge in [-0.05, 0) is 122 Å². The number of nitrogens with one attached hydrogen (secondary N) is 4. The number of hydrogen-bond donors (Lipinski definition) is 4. The molecule has 8 heteroatoms. The van der Waals surface area contributed by atoms with E-state index in [0.717, 1.165) is 58.0 Å². The Morgan fingerprint density at radius 3 is 1.30 bits per heavy atom. The molecule has 2 fully saturated rings. The molecule has 6 nitrogen and oxygen atoms in total. The number of hydrogen-bond acceptors (Lipinski definition) is 4. The normalized spacial score (nSPS) is 16.1. The first-order chi connectivity index (χ1) is 29.3. The zero-order chi connectivity index (χ0) is 42.4. The number of benzene rings is 3. The maximum absolute atomic E-state index is 6.76. The van der Waals surface area contributed by atoms with Crippen molar-refractivity contribution in [1.29, 1.82) is 0 Å². The lowest BCUT2D eigenvalue weighted by Crippen LogP contribution is -2.38. The Labute approximate surface area is 374 Å². The van der Waals surface area contributed by atoms with Crippen LogP contribution in [0.5, 0.6) is 11.5 Å². The zero-order valence-corrected chi connectivity index (χ0v) is 38.8. The van der Waals surface area contributed by atoms with Crippen LogP contribution >= 0.6 is 24.4 Å². The van der Waals surface area contributed by atoms with Gasteiger partial charge in [0.25, 0.3) is 0 Å². The van der Waals surface area contributed by atoms with E-state index in [-0.39, 0.29) is 0 Å². The summed E-state index contributed by atoms with van der Waals surface area (Å²) in [7, 11) is 0. The third kappa shape index (κ3) is 16.5. The van der Waals surface area contributed by atoms with Gasteiger partial charge >= 0.3 is 0 Å². The second-order valence-corrected chi connectivity index (χ2v) is 18.0. The van der Waals surface area contributed by atoms with Crippen LogP contribution in [0, 0.1) is 11.8 Å². The monoisotopic (exact) mass is 851 g/mol. The first-order valence-corrected chi connectivity index (χ1v) is 24.3. The fourth-order valence-corrected chi connectivity index (χ4v) is 8.81. The van der Waals surface area contributed by atoms with E-state index in [1.807, 2.05) is 0 Å². The predicted molar refractivity (Wildman–Crippen MR) is 267 cm³/mol. The Hall–Kier alpha value is -3.88. The quantitative estimate of drug-likeness (QED) is 0.0589. The molecule has 0 spiro atoms. The van der Waals surface area contributed by atoms with Gasteiger partial charge in [0.2, 0.25) is 0 Å². The number of unbranched alkanes of at least 4 members (excludes halogenated alkanes) is 2. The van der Waals surface area contributed by atoms with Gasteiger partial charge < -0.3 is 30.7 Å². The van der Waals surface area contributed by atoms with Crippen molar-refractivity contribution in [2.24, 2.45) is 11.8 Å². The van der Waals surface area contributed by atoms with Gasteiger partial charge in [0, 0.05) is 34.6 Å². The molecule has 3 aromatic rings. The minimum absolute atomic E-state index is 0.476. The molecule has 5 rings (SSSR count). The SMILES string of the molecule is CCCCC(CC)COc1cc(/C=C/c2ccc(NC(=S)NC3CCCCC3)cc2)c(OCC(CC)CCCC)cc1/C=C/c1ccc(NC(=S)NC2CCCCC2)cc1. The van der Waals surface area contributed by atoms with Gasteiger partial charge in [-0.3, -0.25) is 0 Å². The second-order valence-electron chi connectivity index (χ2n) is 17.2. The summed E-state index contributed by atoms with van der Waals surface area (Å²) < 4.78 is 13.5. The Kier molecular flexibility index (Phi) is 20.8. The van der Waals surface area contributed by atoms with E-state index >= 15 is 0 Å². The molecule has 2 saturated carbocycles. The summed E-state index contributed by atoms with van der Waals surface area (Å²) in [6.07, 6.45) is 30.6.